The Morgan fingerprint density at radius 3 is 2.67 bits per heavy atom. The maximum absolute atomic E-state index is 12.2. The van der Waals surface area contributed by atoms with Gasteiger partial charge in [-0.1, -0.05) is 24.3 Å². The van der Waals surface area contributed by atoms with Crippen LogP contribution in [0, 0.1) is 10.9 Å². The molecule has 2 aromatic rings. The molecule has 1 aliphatic rings. The van der Waals surface area contributed by atoms with Crippen LogP contribution < -0.4 is 5.32 Å². The molecule has 128 valence electrons. The Hall–Kier alpha value is -1.50. The summed E-state index contributed by atoms with van der Waals surface area (Å²) < 4.78 is 0.728. The van der Waals surface area contributed by atoms with Crippen LogP contribution >= 0.6 is 23.6 Å². The number of likely N-dealkylation sites (tertiary alicyclic amines) is 1. The van der Waals surface area contributed by atoms with Crippen LogP contribution in [0.1, 0.15) is 34.5 Å². The van der Waals surface area contributed by atoms with Crippen LogP contribution in [-0.4, -0.2) is 28.9 Å². The van der Waals surface area contributed by atoms with Crippen LogP contribution in [0.25, 0.3) is 0 Å². The van der Waals surface area contributed by atoms with Gasteiger partial charge in [0.05, 0.1) is 6.42 Å². The van der Waals surface area contributed by atoms with Crippen molar-refractivity contribution in [3.05, 3.63) is 49.9 Å². The van der Waals surface area contributed by atoms with E-state index >= 15 is 0 Å². The van der Waals surface area contributed by atoms with E-state index in [0.717, 1.165) is 21.1 Å². The topological polar surface area (TPSA) is 48.1 Å². The normalized spacial score (nSPS) is 14.9. The Bertz CT molecular complexity index is 760. The molecule has 0 radical (unpaired) electrons. The smallest absolute Gasteiger partial charge is 0.225 e. The number of aromatic nitrogens is 1. The van der Waals surface area contributed by atoms with Gasteiger partial charge in [0, 0.05) is 23.7 Å². The molecule has 3 rings (SSSR count). The van der Waals surface area contributed by atoms with Gasteiger partial charge >= 0.3 is 0 Å². The molecule has 0 atom stereocenters. The van der Waals surface area contributed by atoms with Crippen LogP contribution in [-0.2, 0) is 24.3 Å². The minimum Gasteiger partial charge on any atom is -0.352 e. The molecule has 1 amide bonds. The number of aryl methyl sites for hydroxylation is 1. The van der Waals surface area contributed by atoms with Crippen molar-refractivity contribution in [1.29, 1.82) is 0 Å². The van der Waals surface area contributed by atoms with Crippen molar-refractivity contribution in [3.63, 3.8) is 0 Å². The molecule has 4 nitrogen and oxygen atoms in total. The molecule has 1 fully saturated rings. The van der Waals surface area contributed by atoms with Crippen LogP contribution in [0.5, 0.6) is 0 Å². The zero-order valence-electron chi connectivity index (χ0n) is 13.9. The van der Waals surface area contributed by atoms with E-state index in [4.69, 9.17) is 12.2 Å². The van der Waals surface area contributed by atoms with Crippen molar-refractivity contribution in [3.8, 4) is 0 Å². The second kappa shape index (κ2) is 8.05. The van der Waals surface area contributed by atoms with Gasteiger partial charge < -0.3 is 10.3 Å². The first-order valence-corrected chi connectivity index (χ1v) is 9.59. The van der Waals surface area contributed by atoms with Crippen molar-refractivity contribution in [2.24, 2.45) is 0 Å². The molecule has 6 heteroatoms. The van der Waals surface area contributed by atoms with Gasteiger partial charge in [0.15, 0.2) is 3.95 Å². The molecule has 24 heavy (non-hydrogen) atoms. The maximum Gasteiger partial charge on any atom is 0.225 e. The number of rotatable bonds is 6. The SMILES string of the molecule is Cc1[nH]c(=S)sc1CC(=O)NCc1ccccc1CN1CCCC1. The Kier molecular flexibility index (Phi) is 5.81. The van der Waals surface area contributed by atoms with Crippen molar-refractivity contribution in [2.45, 2.75) is 39.3 Å². The van der Waals surface area contributed by atoms with E-state index in [1.165, 1.54) is 48.4 Å². The monoisotopic (exact) mass is 361 g/mol. The van der Waals surface area contributed by atoms with Crippen molar-refractivity contribution in [2.75, 3.05) is 13.1 Å². The van der Waals surface area contributed by atoms with Gasteiger partial charge in [-0.05, 0) is 56.2 Å². The molecule has 0 unspecified atom stereocenters. The number of thiazole rings is 1. The van der Waals surface area contributed by atoms with Crippen molar-refractivity contribution < 1.29 is 4.79 Å². The summed E-state index contributed by atoms with van der Waals surface area (Å²) >= 11 is 6.61. The summed E-state index contributed by atoms with van der Waals surface area (Å²) in [4.78, 5) is 18.8. The lowest BCUT2D eigenvalue weighted by Crippen LogP contribution is -2.26. The van der Waals surface area contributed by atoms with Crippen molar-refractivity contribution in [1.82, 2.24) is 15.2 Å². The van der Waals surface area contributed by atoms with Crippen LogP contribution in [0.2, 0.25) is 0 Å². The number of amides is 1. The van der Waals surface area contributed by atoms with E-state index in [9.17, 15) is 4.79 Å². The molecular weight excluding hydrogens is 338 g/mol. The molecule has 1 aliphatic heterocycles. The first kappa shape index (κ1) is 17.3. The standard InChI is InChI=1S/C18H23N3OS2/c1-13-16(24-18(23)20-13)10-17(22)19-11-14-6-2-3-7-15(14)12-21-8-4-5-9-21/h2-3,6-7H,4-5,8-12H2,1H3,(H,19,22)(H,20,23). The molecule has 0 spiro atoms. The Morgan fingerprint density at radius 2 is 2.00 bits per heavy atom. The highest BCUT2D eigenvalue weighted by Gasteiger charge is 2.14. The summed E-state index contributed by atoms with van der Waals surface area (Å²) in [6.07, 6.45) is 2.97. The first-order valence-electron chi connectivity index (χ1n) is 8.36. The van der Waals surface area contributed by atoms with E-state index in [0.29, 0.717) is 13.0 Å². The van der Waals surface area contributed by atoms with Gasteiger partial charge in [-0.15, -0.1) is 11.3 Å². The third kappa shape index (κ3) is 4.53. The number of aromatic amines is 1. The van der Waals surface area contributed by atoms with Gasteiger partial charge in [-0.2, -0.15) is 0 Å². The third-order valence-corrected chi connectivity index (χ3v) is 5.77. The van der Waals surface area contributed by atoms with E-state index in [1.54, 1.807) is 0 Å². The molecule has 1 aromatic heterocycles. The fourth-order valence-corrected chi connectivity index (χ4v) is 4.36. The fourth-order valence-electron chi connectivity index (χ4n) is 3.07. The maximum atomic E-state index is 12.2. The van der Waals surface area contributed by atoms with E-state index < -0.39 is 0 Å². The second-order valence-corrected chi connectivity index (χ2v) is 8.04. The number of hydrogen-bond acceptors (Lipinski definition) is 4. The first-order chi connectivity index (χ1) is 11.6. The molecular formula is C18H23N3OS2. The van der Waals surface area contributed by atoms with Crippen LogP contribution in [0.4, 0.5) is 0 Å². The number of H-pyrrole nitrogens is 1. The summed E-state index contributed by atoms with van der Waals surface area (Å²) in [5.41, 5.74) is 3.51. The summed E-state index contributed by atoms with van der Waals surface area (Å²) in [5.74, 6) is 0.0410. The number of benzene rings is 1. The highest BCUT2D eigenvalue weighted by molar-refractivity contribution is 7.73. The van der Waals surface area contributed by atoms with Crippen LogP contribution in [0.3, 0.4) is 0 Å². The van der Waals surface area contributed by atoms with Gasteiger partial charge in [0.1, 0.15) is 0 Å². The molecule has 0 saturated carbocycles. The van der Waals surface area contributed by atoms with E-state index in [1.807, 2.05) is 13.0 Å². The summed E-state index contributed by atoms with van der Waals surface area (Å²) in [7, 11) is 0. The fraction of sp³-hybridized carbons (Fsp3) is 0.444. The largest absolute Gasteiger partial charge is 0.352 e. The van der Waals surface area contributed by atoms with E-state index in [2.05, 4.69) is 33.4 Å². The zero-order valence-corrected chi connectivity index (χ0v) is 15.6. The average molecular weight is 362 g/mol. The van der Waals surface area contributed by atoms with Crippen molar-refractivity contribution >= 4 is 29.5 Å². The average Bonchev–Trinajstić information content (AvgIpc) is 3.16. The predicted octanol–water partition coefficient (Wildman–Crippen LogP) is 3.57. The van der Waals surface area contributed by atoms with Gasteiger partial charge in [-0.3, -0.25) is 9.69 Å². The summed E-state index contributed by atoms with van der Waals surface area (Å²) in [6.45, 7) is 5.87. The predicted molar refractivity (Wildman–Crippen MR) is 101 cm³/mol. The number of nitrogens with one attached hydrogen (secondary N) is 2. The minimum atomic E-state index is 0.0410. The number of carbonyl (C=O) groups is 1. The van der Waals surface area contributed by atoms with Gasteiger partial charge in [-0.25, -0.2) is 0 Å². The van der Waals surface area contributed by atoms with E-state index in [-0.39, 0.29) is 5.91 Å². The van der Waals surface area contributed by atoms with Gasteiger partial charge in [0.2, 0.25) is 5.91 Å². The molecule has 1 aromatic carbocycles. The van der Waals surface area contributed by atoms with Gasteiger partial charge in [0.25, 0.3) is 0 Å². The zero-order chi connectivity index (χ0) is 16.9. The molecule has 1 saturated heterocycles. The quantitative estimate of drug-likeness (QED) is 0.773. The Balaban J connectivity index is 1.58. The third-order valence-electron chi connectivity index (χ3n) is 4.43. The lowest BCUT2D eigenvalue weighted by atomic mass is 10.1. The van der Waals surface area contributed by atoms with Crippen LogP contribution in [0.15, 0.2) is 24.3 Å². The molecule has 0 bridgehead atoms. The lowest BCUT2D eigenvalue weighted by Gasteiger charge is -2.17. The second-order valence-electron chi connectivity index (χ2n) is 6.27. The number of nitrogens with zero attached hydrogens (tertiary/aromatic N) is 1. The lowest BCUT2D eigenvalue weighted by molar-refractivity contribution is -0.120. The number of carbonyl (C=O) groups excluding carboxylic acids is 1. The highest BCUT2D eigenvalue weighted by atomic mass is 32.1. The minimum absolute atomic E-state index is 0.0410. The summed E-state index contributed by atoms with van der Waals surface area (Å²) in [6, 6.07) is 8.39. The summed E-state index contributed by atoms with van der Waals surface area (Å²) in [5, 5.41) is 3.05. The Morgan fingerprint density at radius 1 is 1.29 bits per heavy atom. The molecule has 2 N–H and O–H groups in total. The highest BCUT2D eigenvalue weighted by Crippen LogP contribution is 2.17. The Labute approximate surface area is 151 Å². The molecule has 0 aliphatic carbocycles. The number of hydrogen-bond donors (Lipinski definition) is 2. The molecule has 2 heterocycles.